The number of carbonyl (C=O) groups is 1. The summed E-state index contributed by atoms with van der Waals surface area (Å²) in [6.45, 7) is 1.72. The van der Waals surface area contributed by atoms with E-state index >= 15 is 0 Å². The summed E-state index contributed by atoms with van der Waals surface area (Å²) in [6.07, 6.45) is 3.95. The molecule has 32 heavy (non-hydrogen) atoms. The van der Waals surface area contributed by atoms with Crippen LogP contribution in [0.3, 0.4) is 0 Å². The summed E-state index contributed by atoms with van der Waals surface area (Å²) in [4.78, 5) is 15.4. The minimum absolute atomic E-state index is 0.0406. The molecule has 2 heterocycles. The molecular weight excluding hydrogens is 415 g/mol. The zero-order valence-corrected chi connectivity index (χ0v) is 17.2. The number of benzene rings is 1. The van der Waals surface area contributed by atoms with Gasteiger partial charge in [0.15, 0.2) is 17.5 Å². The fourth-order valence-corrected chi connectivity index (χ4v) is 3.53. The van der Waals surface area contributed by atoms with E-state index in [1.807, 2.05) is 12.1 Å². The van der Waals surface area contributed by atoms with Crippen LogP contribution in [0.4, 0.5) is 26.5 Å². The predicted octanol–water partition coefficient (Wildman–Crippen LogP) is 3.26. The molecule has 1 saturated carbocycles. The summed E-state index contributed by atoms with van der Waals surface area (Å²) in [6, 6.07) is 9.50. The number of hydrogen-bond donors (Lipinski definition) is 4. The molecule has 0 spiro atoms. The number of aromatic nitrogens is 4. The number of nitrogens with zero attached hydrogens (tertiary/aromatic N) is 5. The Morgan fingerprint density at radius 2 is 2.16 bits per heavy atom. The second-order valence-corrected chi connectivity index (χ2v) is 7.60. The van der Waals surface area contributed by atoms with Crippen molar-refractivity contribution in [1.29, 1.82) is 5.26 Å². The van der Waals surface area contributed by atoms with Crippen molar-refractivity contribution in [1.82, 2.24) is 25.3 Å². The van der Waals surface area contributed by atoms with E-state index in [1.165, 1.54) is 0 Å². The van der Waals surface area contributed by atoms with Gasteiger partial charge in [-0.25, -0.2) is 18.9 Å². The third kappa shape index (κ3) is 4.75. The van der Waals surface area contributed by atoms with Gasteiger partial charge < -0.3 is 21.1 Å². The van der Waals surface area contributed by atoms with E-state index in [2.05, 4.69) is 31.2 Å². The predicted molar refractivity (Wildman–Crippen MR) is 114 cm³/mol. The number of halogens is 1. The topological polar surface area (TPSA) is 141 Å². The van der Waals surface area contributed by atoms with Crippen molar-refractivity contribution >= 4 is 23.4 Å². The van der Waals surface area contributed by atoms with Crippen LogP contribution in [-0.4, -0.2) is 43.3 Å². The van der Waals surface area contributed by atoms with E-state index in [1.54, 1.807) is 42.2 Å². The number of nitrogens with one attached hydrogen (secondary N) is 3. The molecule has 11 heteroatoms. The number of anilines is 3. The first-order chi connectivity index (χ1) is 15.4. The maximum absolute atomic E-state index is 14.7. The number of amides is 1. The second-order valence-electron chi connectivity index (χ2n) is 7.60. The van der Waals surface area contributed by atoms with Crippen LogP contribution in [0.25, 0.3) is 5.69 Å². The Labute approximate surface area is 183 Å². The zero-order valence-electron chi connectivity index (χ0n) is 17.2. The molecule has 1 aromatic carbocycles. The highest BCUT2D eigenvalue weighted by Gasteiger charge is 2.36. The van der Waals surface area contributed by atoms with Crippen molar-refractivity contribution in [3.8, 4) is 11.8 Å². The zero-order chi connectivity index (χ0) is 22.7. The Bertz CT molecular complexity index is 1160. The normalized spacial score (nSPS) is 14.8. The molecule has 4 rings (SSSR count). The average Bonchev–Trinajstić information content (AvgIpc) is 3.45. The van der Waals surface area contributed by atoms with Crippen LogP contribution in [0.15, 0.2) is 42.7 Å². The molecule has 2 aromatic heterocycles. The van der Waals surface area contributed by atoms with Gasteiger partial charge in [0.25, 0.3) is 0 Å². The van der Waals surface area contributed by atoms with Crippen molar-refractivity contribution in [2.45, 2.75) is 31.8 Å². The Balaban J connectivity index is 1.61. The minimum atomic E-state index is -1.15. The molecule has 1 aliphatic rings. The van der Waals surface area contributed by atoms with E-state index in [0.29, 0.717) is 5.69 Å². The van der Waals surface area contributed by atoms with Crippen LogP contribution >= 0.6 is 0 Å². The largest absolute Gasteiger partial charge is 0.465 e. The molecule has 0 radical (unpaired) electrons. The van der Waals surface area contributed by atoms with Gasteiger partial charge in [0, 0.05) is 11.7 Å². The Hall–Kier alpha value is -4.20. The van der Waals surface area contributed by atoms with Gasteiger partial charge in [0.2, 0.25) is 0 Å². The molecule has 0 aliphatic heterocycles. The summed E-state index contributed by atoms with van der Waals surface area (Å²) in [5, 5.41) is 34.8. The second kappa shape index (κ2) is 8.89. The number of rotatable bonds is 8. The SMILES string of the molecule is C[C@H](NC(=O)O)[C@@H](Nc1nc(Nc2cccc(-n3ccnn3)c2)c(C#N)cc1F)C1CC1. The molecular formula is C21H21FN8O2. The molecule has 164 valence electrons. The van der Waals surface area contributed by atoms with Gasteiger partial charge in [0.1, 0.15) is 6.07 Å². The summed E-state index contributed by atoms with van der Waals surface area (Å²) < 4.78 is 16.3. The maximum atomic E-state index is 14.7. The van der Waals surface area contributed by atoms with Crippen LogP contribution in [0.2, 0.25) is 0 Å². The van der Waals surface area contributed by atoms with Gasteiger partial charge in [-0.3, -0.25) is 0 Å². The molecule has 10 nitrogen and oxygen atoms in total. The fraction of sp³-hybridized carbons (Fsp3) is 0.286. The van der Waals surface area contributed by atoms with Gasteiger partial charge >= 0.3 is 6.09 Å². The summed E-state index contributed by atoms with van der Waals surface area (Å²) in [5.74, 6) is -0.337. The maximum Gasteiger partial charge on any atom is 0.404 e. The first-order valence-corrected chi connectivity index (χ1v) is 10.0. The molecule has 0 bridgehead atoms. The van der Waals surface area contributed by atoms with Crippen molar-refractivity contribution in [3.63, 3.8) is 0 Å². The quantitative estimate of drug-likeness (QED) is 0.422. The first-order valence-electron chi connectivity index (χ1n) is 10.0. The standard InChI is InChI=1S/C21H21FN8O2/c1-12(25-21(31)32)18(13-5-6-13)27-20-17(22)9-14(11-23)19(28-20)26-15-3-2-4-16(10-15)30-8-7-24-29-30/h2-4,7-10,12-13,18,25H,5-6H2,1H3,(H,31,32)(H2,26,27,28)/t12-,18+/m0/s1. The van der Waals surface area contributed by atoms with Crippen LogP contribution in [0.5, 0.6) is 0 Å². The van der Waals surface area contributed by atoms with Gasteiger partial charge in [-0.05, 0) is 49.9 Å². The molecule has 3 aromatic rings. The molecule has 4 N–H and O–H groups in total. The molecule has 1 amide bonds. The van der Waals surface area contributed by atoms with Gasteiger partial charge in [0.05, 0.1) is 29.7 Å². The van der Waals surface area contributed by atoms with Gasteiger partial charge in [-0.15, -0.1) is 5.10 Å². The van der Waals surface area contributed by atoms with Crippen LogP contribution in [0.1, 0.15) is 25.3 Å². The first kappa shape index (κ1) is 21.0. The highest BCUT2D eigenvalue weighted by molar-refractivity contribution is 5.67. The summed E-state index contributed by atoms with van der Waals surface area (Å²) in [7, 11) is 0. The van der Waals surface area contributed by atoms with Crippen molar-refractivity contribution in [2.24, 2.45) is 5.92 Å². The van der Waals surface area contributed by atoms with E-state index in [-0.39, 0.29) is 29.2 Å². The summed E-state index contributed by atoms with van der Waals surface area (Å²) >= 11 is 0. The highest BCUT2D eigenvalue weighted by Crippen LogP contribution is 2.36. The third-order valence-corrected chi connectivity index (χ3v) is 5.22. The monoisotopic (exact) mass is 436 g/mol. The molecule has 0 unspecified atom stereocenters. The lowest BCUT2D eigenvalue weighted by atomic mass is 10.0. The molecule has 1 fully saturated rings. The minimum Gasteiger partial charge on any atom is -0.465 e. The van der Waals surface area contributed by atoms with E-state index in [0.717, 1.165) is 24.6 Å². The smallest absolute Gasteiger partial charge is 0.404 e. The Morgan fingerprint density at radius 1 is 1.34 bits per heavy atom. The Kier molecular flexibility index (Phi) is 5.85. The lowest BCUT2D eigenvalue weighted by molar-refractivity contribution is 0.188. The Morgan fingerprint density at radius 3 is 2.81 bits per heavy atom. The van der Waals surface area contributed by atoms with Crippen molar-refractivity contribution in [2.75, 3.05) is 10.6 Å². The third-order valence-electron chi connectivity index (χ3n) is 5.22. The van der Waals surface area contributed by atoms with Crippen molar-refractivity contribution in [3.05, 3.63) is 54.1 Å². The molecule has 1 aliphatic carbocycles. The number of carboxylic acid groups (broad SMARTS) is 1. The molecule has 2 atom stereocenters. The van der Waals surface area contributed by atoms with Gasteiger partial charge in [-0.1, -0.05) is 11.3 Å². The van der Waals surface area contributed by atoms with Crippen LogP contribution in [-0.2, 0) is 0 Å². The summed E-state index contributed by atoms with van der Waals surface area (Å²) in [5.41, 5.74) is 1.41. The van der Waals surface area contributed by atoms with Crippen molar-refractivity contribution < 1.29 is 14.3 Å². The van der Waals surface area contributed by atoms with E-state index < -0.39 is 18.0 Å². The molecule has 0 saturated heterocycles. The lowest BCUT2D eigenvalue weighted by Crippen LogP contribution is -2.45. The van der Waals surface area contributed by atoms with Crippen LogP contribution in [0, 0.1) is 23.1 Å². The average molecular weight is 436 g/mol. The van der Waals surface area contributed by atoms with Gasteiger partial charge in [-0.2, -0.15) is 5.26 Å². The number of nitriles is 1. The number of hydrogen-bond acceptors (Lipinski definition) is 7. The van der Waals surface area contributed by atoms with Crippen LogP contribution < -0.4 is 16.0 Å². The van der Waals surface area contributed by atoms with E-state index in [9.17, 15) is 14.4 Å². The van der Waals surface area contributed by atoms with E-state index in [4.69, 9.17) is 5.11 Å². The fourth-order valence-electron chi connectivity index (χ4n) is 3.53. The highest BCUT2D eigenvalue weighted by atomic mass is 19.1. The lowest BCUT2D eigenvalue weighted by Gasteiger charge is -2.26. The number of pyridine rings is 1.